The Hall–Kier alpha value is -2.72. The number of imidazole rings is 1. The summed E-state index contributed by atoms with van der Waals surface area (Å²) in [6.07, 6.45) is 4.32. The van der Waals surface area contributed by atoms with Gasteiger partial charge in [-0.05, 0) is 54.8 Å². The van der Waals surface area contributed by atoms with Crippen molar-refractivity contribution in [2.45, 2.75) is 20.3 Å². The Bertz CT molecular complexity index is 1100. The lowest BCUT2D eigenvalue weighted by Gasteiger charge is -2.10. The van der Waals surface area contributed by atoms with Gasteiger partial charge in [0, 0.05) is 35.1 Å². The van der Waals surface area contributed by atoms with Crippen molar-refractivity contribution in [3.05, 3.63) is 88.3 Å². The molecule has 0 aliphatic rings. The molecule has 0 aliphatic heterocycles. The molecule has 4 aromatic rings. The van der Waals surface area contributed by atoms with E-state index in [1.807, 2.05) is 31.2 Å². The topological polar surface area (TPSA) is 30.2 Å². The average Bonchev–Trinajstić information content (AvgIpc) is 2.91. The summed E-state index contributed by atoms with van der Waals surface area (Å²) in [5.41, 5.74) is 7.10. The molecule has 5 heteroatoms. The van der Waals surface area contributed by atoms with Gasteiger partial charge in [0.15, 0.2) is 0 Å². The van der Waals surface area contributed by atoms with Crippen molar-refractivity contribution in [3.63, 3.8) is 0 Å². The first-order valence-corrected chi connectivity index (χ1v) is 8.73. The van der Waals surface area contributed by atoms with Crippen LogP contribution in [0.4, 0.5) is 4.39 Å². The van der Waals surface area contributed by atoms with Crippen LogP contribution in [0.25, 0.3) is 16.8 Å². The van der Waals surface area contributed by atoms with Gasteiger partial charge in [0.1, 0.15) is 5.65 Å². The number of hydrogen-bond donors (Lipinski definition) is 0. The van der Waals surface area contributed by atoms with Crippen molar-refractivity contribution in [1.82, 2.24) is 14.4 Å². The zero-order valence-corrected chi connectivity index (χ0v) is 15.3. The SMILES string of the molecule is Cc1nc2c(-c3cccc(Cl)c3)cc(Cc3ccc(F)nc3)cn2c1C. The third kappa shape index (κ3) is 3.08. The normalized spacial score (nSPS) is 11.2. The quantitative estimate of drug-likeness (QED) is 0.455. The van der Waals surface area contributed by atoms with Gasteiger partial charge >= 0.3 is 0 Å². The number of hydrogen-bond acceptors (Lipinski definition) is 2. The summed E-state index contributed by atoms with van der Waals surface area (Å²) in [5, 5.41) is 0.689. The van der Waals surface area contributed by atoms with E-state index in [-0.39, 0.29) is 0 Å². The standard InChI is InChI=1S/C21H17ClFN3/c1-13-14(2)26-12-16(8-15-6-7-20(23)24-11-15)9-19(21(26)25-13)17-4-3-5-18(22)10-17/h3-7,9-12H,8H2,1-2H3. The molecular formula is C21H17ClFN3. The number of nitrogens with zero attached hydrogens (tertiary/aromatic N) is 3. The molecule has 0 fully saturated rings. The fourth-order valence-electron chi connectivity index (χ4n) is 3.14. The lowest BCUT2D eigenvalue weighted by molar-refractivity contribution is 0.582. The van der Waals surface area contributed by atoms with E-state index in [9.17, 15) is 4.39 Å². The highest BCUT2D eigenvalue weighted by atomic mass is 35.5. The second-order valence-electron chi connectivity index (χ2n) is 6.41. The first-order chi connectivity index (χ1) is 12.5. The first-order valence-electron chi connectivity index (χ1n) is 8.36. The molecule has 0 aliphatic carbocycles. The van der Waals surface area contributed by atoms with Gasteiger partial charge in [-0.3, -0.25) is 0 Å². The van der Waals surface area contributed by atoms with Gasteiger partial charge in [0.05, 0.1) is 5.69 Å². The van der Waals surface area contributed by atoms with Crippen molar-refractivity contribution in [2.75, 3.05) is 0 Å². The summed E-state index contributed by atoms with van der Waals surface area (Å²) >= 11 is 6.20. The van der Waals surface area contributed by atoms with Crippen molar-refractivity contribution in [2.24, 2.45) is 0 Å². The van der Waals surface area contributed by atoms with E-state index >= 15 is 0 Å². The maximum atomic E-state index is 13.1. The molecule has 3 aromatic heterocycles. The molecule has 0 atom stereocenters. The molecule has 3 nitrogen and oxygen atoms in total. The molecular weight excluding hydrogens is 349 g/mol. The second kappa shape index (κ2) is 6.54. The predicted molar refractivity (Wildman–Crippen MR) is 102 cm³/mol. The maximum Gasteiger partial charge on any atom is 0.212 e. The number of halogens is 2. The summed E-state index contributed by atoms with van der Waals surface area (Å²) in [6, 6.07) is 13.0. The first kappa shape index (κ1) is 16.7. The molecule has 4 rings (SSSR count). The molecule has 0 amide bonds. The van der Waals surface area contributed by atoms with Crippen LogP contribution in [0, 0.1) is 19.8 Å². The smallest absolute Gasteiger partial charge is 0.212 e. The minimum Gasteiger partial charge on any atom is -0.303 e. The fourth-order valence-corrected chi connectivity index (χ4v) is 3.33. The number of aryl methyl sites for hydroxylation is 2. The minimum absolute atomic E-state index is 0.468. The maximum absolute atomic E-state index is 13.1. The number of fused-ring (bicyclic) bond motifs is 1. The summed E-state index contributed by atoms with van der Waals surface area (Å²) in [6.45, 7) is 4.06. The van der Waals surface area contributed by atoms with Crippen LogP contribution in [0.5, 0.6) is 0 Å². The van der Waals surface area contributed by atoms with E-state index in [0.717, 1.165) is 39.3 Å². The van der Waals surface area contributed by atoms with E-state index in [2.05, 4.69) is 28.6 Å². The van der Waals surface area contributed by atoms with E-state index < -0.39 is 5.95 Å². The highest BCUT2D eigenvalue weighted by Gasteiger charge is 2.13. The second-order valence-corrected chi connectivity index (χ2v) is 6.85. The van der Waals surface area contributed by atoms with Gasteiger partial charge in [-0.25, -0.2) is 9.97 Å². The van der Waals surface area contributed by atoms with E-state index in [0.29, 0.717) is 11.4 Å². The molecule has 3 heterocycles. The van der Waals surface area contributed by atoms with Gasteiger partial charge in [-0.15, -0.1) is 0 Å². The summed E-state index contributed by atoms with van der Waals surface area (Å²) in [5.74, 6) is -0.468. The van der Waals surface area contributed by atoms with Crippen LogP contribution in [0.2, 0.25) is 5.02 Å². The molecule has 0 radical (unpaired) electrons. The van der Waals surface area contributed by atoms with Crippen LogP contribution in [0.1, 0.15) is 22.5 Å². The monoisotopic (exact) mass is 365 g/mol. The van der Waals surface area contributed by atoms with E-state index in [1.54, 1.807) is 12.3 Å². The van der Waals surface area contributed by atoms with E-state index in [4.69, 9.17) is 16.6 Å². The van der Waals surface area contributed by atoms with Crippen LogP contribution in [-0.4, -0.2) is 14.4 Å². The van der Waals surface area contributed by atoms with Crippen molar-refractivity contribution >= 4 is 17.2 Å². The van der Waals surface area contributed by atoms with Crippen molar-refractivity contribution in [1.29, 1.82) is 0 Å². The molecule has 0 saturated carbocycles. The van der Waals surface area contributed by atoms with Gasteiger partial charge in [0.25, 0.3) is 0 Å². The predicted octanol–water partition coefficient (Wildman–Crippen LogP) is 5.40. The molecule has 0 bridgehead atoms. The molecule has 0 N–H and O–H groups in total. The zero-order valence-electron chi connectivity index (χ0n) is 14.5. The summed E-state index contributed by atoms with van der Waals surface area (Å²) < 4.78 is 15.2. The Balaban J connectivity index is 1.89. The molecule has 0 spiro atoms. The fraction of sp³-hybridized carbons (Fsp3) is 0.143. The molecule has 0 unspecified atom stereocenters. The Morgan fingerprint density at radius 3 is 2.65 bits per heavy atom. The Labute approximate surface area is 156 Å². The number of pyridine rings is 2. The zero-order chi connectivity index (χ0) is 18.3. The lowest BCUT2D eigenvalue weighted by atomic mass is 10.0. The van der Waals surface area contributed by atoms with Crippen LogP contribution in [-0.2, 0) is 6.42 Å². The van der Waals surface area contributed by atoms with E-state index in [1.165, 1.54) is 6.07 Å². The molecule has 26 heavy (non-hydrogen) atoms. The number of benzene rings is 1. The number of rotatable bonds is 3. The van der Waals surface area contributed by atoms with Crippen molar-refractivity contribution in [3.8, 4) is 11.1 Å². The lowest BCUT2D eigenvalue weighted by Crippen LogP contribution is -1.98. The molecule has 0 saturated heterocycles. The number of aromatic nitrogens is 3. The van der Waals surface area contributed by atoms with Crippen LogP contribution in [0.3, 0.4) is 0 Å². The van der Waals surface area contributed by atoms with Gasteiger partial charge < -0.3 is 4.40 Å². The van der Waals surface area contributed by atoms with Crippen LogP contribution in [0.15, 0.2) is 54.9 Å². The van der Waals surface area contributed by atoms with Gasteiger partial charge in [0.2, 0.25) is 5.95 Å². The third-order valence-corrected chi connectivity index (χ3v) is 4.82. The minimum atomic E-state index is -0.468. The van der Waals surface area contributed by atoms with Crippen LogP contribution >= 0.6 is 11.6 Å². The van der Waals surface area contributed by atoms with Gasteiger partial charge in [-0.1, -0.05) is 29.8 Å². The molecule has 1 aromatic carbocycles. The van der Waals surface area contributed by atoms with Gasteiger partial charge in [-0.2, -0.15) is 4.39 Å². The Morgan fingerprint density at radius 1 is 1.08 bits per heavy atom. The highest BCUT2D eigenvalue weighted by Crippen LogP contribution is 2.29. The Morgan fingerprint density at radius 2 is 1.92 bits per heavy atom. The largest absolute Gasteiger partial charge is 0.303 e. The Kier molecular flexibility index (Phi) is 4.21. The van der Waals surface area contributed by atoms with Crippen molar-refractivity contribution < 1.29 is 4.39 Å². The average molecular weight is 366 g/mol. The third-order valence-electron chi connectivity index (χ3n) is 4.58. The summed E-state index contributed by atoms with van der Waals surface area (Å²) in [4.78, 5) is 8.48. The molecule has 130 valence electrons. The summed E-state index contributed by atoms with van der Waals surface area (Å²) in [7, 11) is 0. The van der Waals surface area contributed by atoms with Crippen LogP contribution < -0.4 is 0 Å². The highest BCUT2D eigenvalue weighted by molar-refractivity contribution is 6.30.